The van der Waals surface area contributed by atoms with Crippen molar-refractivity contribution in [2.24, 2.45) is 57.5 Å². The molecule has 79 heavy (non-hydrogen) atoms. The number of nitrogens with two attached hydrogens (primary N) is 9. The van der Waals surface area contributed by atoms with Crippen molar-refractivity contribution in [2.75, 3.05) is 250 Å². The predicted octanol–water partition coefficient (Wildman–Crippen LogP) is -1.94. The van der Waals surface area contributed by atoms with Crippen LogP contribution in [0.5, 0.6) is 0 Å². The lowest BCUT2D eigenvalue weighted by Gasteiger charge is -2.39. The first-order valence-electron chi connectivity index (χ1n) is 31.9. The van der Waals surface area contributed by atoms with Gasteiger partial charge in [0, 0.05) is 245 Å². The van der Waals surface area contributed by atoms with Crippen LogP contribution in [0.1, 0.15) is 81.6 Å². The third-order valence-electron chi connectivity index (χ3n) is 16.4. The smallest absolute Gasteiger partial charge is 0.0217 e. The van der Waals surface area contributed by atoms with Gasteiger partial charge >= 0.3 is 0 Å². The van der Waals surface area contributed by atoms with Crippen LogP contribution in [0, 0.1) is 5.92 Å². The van der Waals surface area contributed by atoms with Crippen LogP contribution in [0.25, 0.3) is 0 Å². The highest BCUT2D eigenvalue weighted by Crippen LogP contribution is 2.09. The third-order valence-corrected chi connectivity index (χ3v) is 16.4. The number of hydrogen-bond acceptors (Lipinski definition) is 21. The van der Waals surface area contributed by atoms with Crippen molar-refractivity contribution in [3.8, 4) is 0 Å². The normalized spacial score (nSPS) is 24.0. The number of nitrogens with zero attached hydrogens (tertiary/aromatic N) is 12. The van der Waals surface area contributed by atoms with Crippen molar-refractivity contribution in [1.29, 1.82) is 0 Å². The van der Waals surface area contributed by atoms with Gasteiger partial charge in [0.1, 0.15) is 0 Å². The van der Waals surface area contributed by atoms with Gasteiger partial charge in [-0.05, 0) is 114 Å². The van der Waals surface area contributed by atoms with E-state index in [4.69, 9.17) is 51.6 Å². The molecule has 6 fully saturated rings. The Balaban J connectivity index is 0.000000476. The first-order valence-corrected chi connectivity index (χ1v) is 31.9. The summed E-state index contributed by atoms with van der Waals surface area (Å²) in [6, 6.07) is 2.39. The van der Waals surface area contributed by atoms with Crippen LogP contribution in [-0.4, -0.2) is 351 Å². The van der Waals surface area contributed by atoms with Crippen molar-refractivity contribution in [2.45, 2.75) is 124 Å². The van der Waals surface area contributed by atoms with Crippen LogP contribution in [0.2, 0.25) is 0 Å². The minimum Gasteiger partial charge on any atom is -0.330 e. The van der Waals surface area contributed by atoms with Crippen LogP contribution in [0.3, 0.4) is 0 Å². The van der Waals surface area contributed by atoms with Gasteiger partial charge in [0.2, 0.25) is 0 Å². The molecule has 474 valence electrons. The van der Waals surface area contributed by atoms with Gasteiger partial charge in [0.25, 0.3) is 0 Å². The monoisotopic (exact) mass is 1130 g/mol. The Hall–Kier alpha value is -0.840. The van der Waals surface area contributed by atoms with Gasteiger partial charge in [-0.2, -0.15) is 0 Å². The van der Waals surface area contributed by atoms with Crippen molar-refractivity contribution < 1.29 is 0 Å². The highest BCUT2D eigenvalue weighted by Gasteiger charge is 2.23. The lowest BCUT2D eigenvalue weighted by atomic mass is 10.1. The molecule has 18 N–H and O–H groups in total. The summed E-state index contributed by atoms with van der Waals surface area (Å²) >= 11 is 0. The van der Waals surface area contributed by atoms with E-state index in [0.717, 1.165) is 144 Å². The highest BCUT2D eigenvalue weighted by atomic mass is 15.3. The van der Waals surface area contributed by atoms with Crippen molar-refractivity contribution in [3.63, 3.8) is 0 Å². The molecule has 8 unspecified atom stereocenters. The maximum atomic E-state index is 5.88. The van der Waals surface area contributed by atoms with Crippen molar-refractivity contribution in [1.82, 2.24) is 58.8 Å². The van der Waals surface area contributed by atoms with E-state index in [1.54, 1.807) is 0 Å². The Morgan fingerprint density at radius 3 is 1.04 bits per heavy atom. The summed E-state index contributed by atoms with van der Waals surface area (Å²) in [4.78, 5) is 29.4. The topological polar surface area (TPSA) is 273 Å². The predicted molar refractivity (Wildman–Crippen MR) is 342 cm³/mol. The molecule has 0 aromatic heterocycles. The van der Waals surface area contributed by atoms with Crippen LogP contribution < -0.4 is 51.6 Å². The SMILES string of the molecule is CC(N)C(C)N1CCN(CCN)CC1.CC(N)CCN1CCN(CCCN)CC1.CC(N)CN1CCN(C)CC1.CC(N)CN1CCN(CC(C)CN)CC1.CCC(N)CN1CCN(C)CC1.CCN1CCN(CC(C)N)CC1. The fourth-order valence-corrected chi connectivity index (χ4v) is 10.5. The Kier molecular flexibility index (Phi) is 44.8. The maximum absolute atomic E-state index is 5.88. The molecule has 0 radical (unpaired) electrons. The Morgan fingerprint density at radius 2 is 0.696 bits per heavy atom. The maximum Gasteiger partial charge on any atom is 0.0217 e. The second-order valence-corrected chi connectivity index (χ2v) is 24.8. The molecule has 6 rings (SSSR count). The zero-order valence-electron chi connectivity index (χ0n) is 53.8. The molecule has 6 saturated heterocycles. The fourth-order valence-electron chi connectivity index (χ4n) is 10.5. The molecular weight excluding hydrogens is 991 g/mol. The van der Waals surface area contributed by atoms with E-state index in [1.807, 2.05) is 0 Å². The molecule has 0 saturated carbocycles. The van der Waals surface area contributed by atoms with Gasteiger partial charge in [0.15, 0.2) is 0 Å². The zero-order chi connectivity index (χ0) is 59.1. The first-order chi connectivity index (χ1) is 37.6. The lowest BCUT2D eigenvalue weighted by Crippen LogP contribution is -2.54. The van der Waals surface area contributed by atoms with Crippen molar-refractivity contribution in [3.05, 3.63) is 0 Å². The average molecular weight is 1130 g/mol. The molecule has 0 aromatic rings. The molecule has 21 nitrogen and oxygen atoms in total. The number of piperazine rings is 6. The Bertz CT molecular complexity index is 1320. The average Bonchev–Trinajstić information content (AvgIpc) is 3.42. The second-order valence-electron chi connectivity index (χ2n) is 24.8. The molecule has 0 aromatic carbocycles. The van der Waals surface area contributed by atoms with E-state index in [0.29, 0.717) is 42.2 Å². The van der Waals surface area contributed by atoms with Gasteiger partial charge < -0.3 is 81.0 Å². The molecule has 0 bridgehead atoms. The van der Waals surface area contributed by atoms with Gasteiger partial charge in [-0.3, -0.25) is 29.4 Å². The minimum absolute atomic E-state index is 0.260. The van der Waals surface area contributed by atoms with E-state index in [2.05, 4.69) is 135 Å². The third kappa shape index (κ3) is 39.4. The van der Waals surface area contributed by atoms with Gasteiger partial charge in [-0.1, -0.05) is 20.8 Å². The molecule has 0 amide bonds. The molecular formula is C58H137N21. The van der Waals surface area contributed by atoms with Crippen LogP contribution in [-0.2, 0) is 0 Å². The zero-order valence-corrected chi connectivity index (χ0v) is 53.8. The molecule has 21 heteroatoms. The summed E-state index contributed by atoms with van der Waals surface area (Å²) in [5, 5.41) is 0. The Morgan fingerprint density at radius 1 is 0.354 bits per heavy atom. The molecule has 8 atom stereocenters. The number of likely N-dealkylation sites (N-methyl/N-ethyl adjacent to an activating group) is 3. The fraction of sp³-hybridized carbons (Fsp3) is 1.00. The van der Waals surface area contributed by atoms with Crippen LogP contribution in [0.15, 0.2) is 0 Å². The largest absolute Gasteiger partial charge is 0.330 e. The number of hydrogen-bond donors (Lipinski definition) is 9. The van der Waals surface area contributed by atoms with E-state index in [-0.39, 0.29) is 6.04 Å². The molecule has 6 aliphatic rings. The van der Waals surface area contributed by atoms with Crippen LogP contribution >= 0.6 is 0 Å². The summed E-state index contributed by atoms with van der Waals surface area (Å²) in [6.45, 7) is 59.6. The molecule has 6 heterocycles. The van der Waals surface area contributed by atoms with Gasteiger partial charge in [-0.15, -0.1) is 0 Å². The van der Waals surface area contributed by atoms with Gasteiger partial charge in [0.05, 0.1) is 0 Å². The summed E-state index contributed by atoms with van der Waals surface area (Å²) in [5.41, 5.74) is 51.4. The molecule has 0 spiro atoms. The molecule has 6 aliphatic heterocycles. The summed E-state index contributed by atoms with van der Waals surface area (Å²) in [5.74, 6) is 0.616. The second kappa shape index (κ2) is 46.4. The summed E-state index contributed by atoms with van der Waals surface area (Å²) in [6.07, 6.45) is 3.33. The van der Waals surface area contributed by atoms with Crippen LogP contribution in [0.4, 0.5) is 0 Å². The van der Waals surface area contributed by atoms with Gasteiger partial charge in [-0.25, -0.2) is 0 Å². The number of rotatable bonds is 23. The van der Waals surface area contributed by atoms with E-state index < -0.39 is 0 Å². The standard InChI is InChI=1S/2C11H26N4.C10H24N4.2C9H21N3.C8H19N3/c1-10(7-12)8-14-3-5-15(6-4-14)9-11(2)13;1-11(13)3-6-15-9-7-14(8-10-15)5-2-4-12;1-9(12)10(2)14-7-5-13(4-3-11)6-8-14;1-3-9(10)8-12-6-4-11(2)5-7-12;1-3-11-4-6-12(7-5-11)8-9(2)10;1-8(9)7-11-5-3-10(2)4-6-11/h10-11H,3-9,12-13H2,1-2H3;11H,2-10,12-13H2,1H3;9-10H,3-8,11-12H2,1-2H3;2*9H,3-8,10H2,1-2H3;8H,3-7,9H2,1-2H3. The Labute approximate surface area is 488 Å². The lowest BCUT2D eigenvalue weighted by molar-refractivity contribution is 0.0960. The quantitative estimate of drug-likeness (QED) is 0.0539. The minimum atomic E-state index is 0.260. The van der Waals surface area contributed by atoms with Crippen molar-refractivity contribution >= 4 is 0 Å². The summed E-state index contributed by atoms with van der Waals surface area (Å²) in [7, 11) is 4.35. The highest BCUT2D eigenvalue weighted by molar-refractivity contribution is 4.82. The van der Waals surface area contributed by atoms with E-state index in [1.165, 1.54) is 111 Å². The molecule has 0 aliphatic carbocycles. The van der Waals surface area contributed by atoms with E-state index >= 15 is 0 Å². The van der Waals surface area contributed by atoms with E-state index in [9.17, 15) is 0 Å². The summed E-state index contributed by atoms with van der Waals surface area (Å²) < 4.78 is 0. The first kappa shape index (κ1) is 76.2.